The van der Waals surface area contributed by atoms with E-state index in [0.717, 1.165) is 25.3 Å². The minimum atomic E-state index is 0.414. The van der Waals surface area contributed by atoms with Gasteiger partial charge in [0.2, 0.25) is 0 Å². The molecule has 3 rings (SSSR count). The maximum atomic E-state index is 4.46. The topological polar surface area (TPSA) is 42.7 Å². The number of fused-ring (bicyclic) bond motifs is 1. The lowest BCUT2D eigenvalue weighted by molar-refractivity contribution is 0.386. The highest BCUT2D eigenvalue weighted by molar-refractivity contribution is 5.18. The minimum absolute atomic E-state index is 0.414. The summed E-state index contributed by atoms with van der Waals surface area (Å²) in [6.45, 7) is 8.95. The summed E-state index contributed by atoms with van der Waals surface area (Å²) in [6, 6.07) is 0.414. The van der Waals surface area contributed by atoms with Gasteiger partial charge in [-0.05, 0) is 18.3 Å². The van der Waals surface area contributed by atoms with E-state index < -0.39 is 0 Å². The zero-order chi connectivity index (χ0) is 12.0. The van der Waals surface area contributed by atoms with Crippen LogP contribution in [-0.4, -0.2) is 21.3 Å². The SMILES string of the molecule is CCCC1NCCn2c1nnc2C1CC1(C)C. The molecule has 1 aromatic heterocycles. The average molecular weight is 234 g/mol. The molecule has 1 aliphatic carbocycles. The largest absolute Gasteiger partial charge is 0.312 e. The van der Waals surface area contributed by atoms with Crippen molar-refractivity contribution in [3.05, 3.63) is 11.6 Å². The molecule has 1 aliphatic heterocycles. The van der Waals surface area contributed by atoms with Crippen LogP contribution in [0.5, 0.6) is 0 Å². The fraction of sp³-hybridized carbons (Fsp3) is 0.846. The summed E-state index contributed by atoms with van der Waals surface area (Å²) in [7, 11) is 0. The van der Waals surface area contributed by atoms with Crippen molar-refractivity contribution in [1.29, 1.82) is 0 Å². The maximum absolute atomic E-state index is 4.46. The number of hydrogen-bond acceptors (Lipinski definition) is 3. The number of nitrogens with one attached hydrogen (secondary N) is 1. The molecular formula is C13H22N4. The van der Waals surface area contributed by atoms with Gasteiger partial charge < -0.3 is 9.88 Å². The van der Waals surface area contributed by atoms with Crippen LogP contribution in [0.4, 0.5) is 0 Å². The third kappa shape index (κ3) is 1.79. The first-order chi connectivity index (χ1) is 8.13. The summed E-state index contributed by atoms with van der Waals surface area (Å²) in [6.07, 6.45) is 3.61. The molecule has 0 bridgehead atoms. The Bertz CT molecular complexity index is 421. The Hall–Kier alpha value is -0.900. The minimum Gasteiger partial charge on any atom is -0.312 e. The maximum Gasteiger partial charge on any atom is 0.150 e. The molecule has 1 aromatic rings. The van der Waals surface area contributed by atoms with E-state index in [1.165, 1.54) is 18.7 Å². The predicted octanol–water partition coefficient (Wildman–Crippen LogP) is 2.24. The van der Waals surface area contributed by atoms with E-state index in [4.69, 9.17) is 0 Å². The molecule has 2 heterocycles. The first-order valence-corrected chi connectivity index (χ1v) is 6.80. The Morgan fingerprint density at radius 3 is 2.71 bits per heavy atom. The van der Waals surface area contributed by atoms with Gasteiger partial charge in [0.25, 0.3) is 0 Å². The molecule has 2 unspecified atom stereocenters. The van der Waals surface area contributed by atoms with Crippen LogP contribution in [0.25, 0.3) is 0 Å². The normalized spacial score (nSPS) is 30.1. The molecule has 4 heteroatoms. The Balaban J connectivity index is 1.89. The number of aromatic nitrogens is 3. The third-order valence-corrected chi connectivity index (χ3v) is 4.25. The van der Waals surface area contributed by atoms with E-state index in [2.05, 4.69) is 40.9 Å². The predicted molar refractivity (Wildman–Crippen MR) is 66.8 cm³/mol. The van der Waals surface area contributed by atoms with Gasteiger partial charge in [0.15, 0.2) is 0 Å². The van der Waals surface area contributed by atoms with Crippen LogP contribution in [0.3, 0.4) is 0 Å². The molecule has 0 radical (unpaired) electrons. The van der Waals surface area contributed by atoms with Gasteiger partial charge in [-0.1, -0.05) is 27.2 Å². The molecule has 1 fully saturated rings. The fourth-order valence-corrected chi connectivity index (χ4v) is 2.94. The smallest absolute Gasteiger partial charge is 0.150 e. The van der Waals surface area contributed by atoms with Gasteiger partial charge >= 0.3 is 0 Å². The van der Waals surface area contributed by atoms with Crippen molar-refractivity contribution in [2.45, 2.75) is 58.5 Å². The van der Waals surface area contributed by atoms with Crippen LogP contribution >= 0.6 is 0 Å². The lowest BCUT2D eigenvalue weighted by Gasteiger charge is -2.25. The molecule has 2 atom stereocenters. The standard InChI is InChI=1S/C13H22N4/c1-4-5-10-12-16-15-11(9-8-13(9,2)3)17(12)7-6-14-10/h9-10,14H,4-8H2,1-3H3. The third-order valence-electron chi connectivity index (χ3n) is 4.25. The Morgan fingerprint density at radius 2 is 2.06 bits per heavy atom. The Labute approximate surface area is 103 Å². The van der Waals surface area contributed by atoms with Gasteiger partial charge in [0, 0.05) is 19.0 Å². The quantitative estimate of drug-likeness (QED) is 0.872. The van der Waals surface area contributed by atoms with Gasteiger partial charge in [0.1, 0.15) is 11.6 Å². The van der Waals surface area contributed by atoms with Crippen molar-refractivity contribution >= 4 is 0 Å². The van der Waals surface area contributed by atoms with Gasteiger partial charge in [-0.25, -0.2) is 0 Å². The van der Waals surface area contributed by atoms with Crippen LogP contribution in [0.2, 0.25) is 0 Å². The van der Waals surface area contributed by atoms with Crippen LogP contribution in [0.15, 0.2) is 0 Å². The van der Waals surface area contributed by atoms with Gasteiger partial charge in [-0.3, -0.25) is 0 Å². The second-order valence-electron chi connectivity index (χ2n) is 6.11. The first kappa shape index (κ1) is 11.2. The zero-order valence-corrected chi connectivity index (χ0v) is 11.0. The fourth-order valence-electron chi connectivity index (χ4n) is 2.94. The molecule has 0 spiro atoms. The molecule has 0 aromatic carbocycles. The summed E-state index contributed by atoms with van der Waals surface area (Å²) in [5.74, 6) is 3.02. The van der Waals surface area contributed by atoms with E-state index in [-0.39, 0.29) is 0 Å². The van der Waals surface area contributed by atoms with Gasteiger partial charge in [0.05, 0.1) is 6.04 Å². The molecule has 17 heavy (non-hydrogen) atoms. The van der Waals surface area contributed by atoms with Crippen LogP contribution < -0.4 is 5.32 Å². The second kappa shape index (κ2) is 3.80. The molecule has 1 saturated carbocycles. The number of hydrogen-bond donors (Lipinski definition) is 1. The highest BCUT2D eigenvalue weighted by Crippen LogP contribution is 2.58. The van der Waals surface area contributed by atoms with Crippen molar-refractivity contribution in [2.75, 3.05) is 6.54 Å². The van der Waals surface area contributed by atoms with E-state index in [9.17, 15) is 0 Å². The van der Waals surface area contributed by atoms with Crippen LogP contribution in [-0.2, 0) is 6.54 Å². The highest BCUT2D eigenvalue weighted by atomic mass is 15.3. The van der Waals surface area contributed by atoms with E-state index in [1.807, 2.05) is 0 Å². The molecule has 0 amide bonds. The van der Waals surface area contributed by atoms with Crippen molar-refractivity contribution in [1.82, 2.24) is 20.1 Å². The summed E-state index contributed by atoms with van der Waals surface area (Å²) in [5.41, 5.74) is 0.439. The molecule has 0 saturated heterocycles. The molecular weight excluding hydrogens is 212 g/mol. The van der Waals surface area contributed by atoms with Crippen molar-refractivity contribution in [2.24, 2.45) is 5.41 Å². The Morgan fingerprint density at radius 1 is 1.35 bits per heavy atom. The monoisotopic (exact) mass is 234 g/mol. The summed E-state index contributed by atoms with van der Waals surface area (Å²) in [5, 5.41) is 12.4. The summed E-state index contributed by atoms with van der Waals surface area (Å²) >= 11 is 0. The van der Waals surface area contributed by atoms with Gasteiger partial charge in [-0.15, -0.1) is 10.2 Å². The second-order valence-corrected chi connectivity index (χ2v) is 6.11. The Kier molecular flexibility index (Phi) is 2.51. The average Bonchev–Trinajstić information content (AvgIpc) is 2.75. The molecule has 94 valence electrons. The summed E-state index contributed by atoms with van der Waals surface area (Å²) < 4.78 is 2.37. The van der Waals surface area contributed by atoms with Crippen molar-refractivity contribution in [3.8, 4) is 0 Å². The van der Waals surface area contributed by atoms with Crippen LogP contribution in [0, 0.1) is 5.41 Å². The first-order valence-electron chi connectivity index (χ1n) is 6.80. The van der Waals surface area contributed by atoms with Crippen molar-refractivity contribution < 1.29 is 0 Å². The molecule has 4 nitrogen and oxygen atoms in total. The zero-order valence-electron chi connectivity index (χ0n) is 11.0. The molecule has 2 aliphatic rings. The van der Waals surface area contributed by atoms with E-state index in [0.29, 0.717) is 17.4 Å². The molecule has 1 N–H and O–H groups in total. The number of rotatable bonds is 3. The highest BCUT2D eigenvalue weighted by Gasteiger charge is 2.50. The number of nitrogens with zero attached hydrogens (tertiary/aromatic N) is 3. The lowest BCUT2D eigenvalue weighted by atomic mass is 10.1. The van der Waals surface area contributed by atoms with Gasteiger partial charge in [-0.2, -0.15) is 0 Å². The van der Waals surface area contributed by atoms with E-state index in [1.54, 1.807) is 0 Å². The lowest BCUT2D eigenvalue weighted by Crippen LogP contribution is -2.34. The summed E-state index contributed by atoms with van der Waals surface area (Å²) in [4.78, 5) is 0. The van der Waals surface area contributed by atoms with Crippen LogP contribution in [0.1, 0.15) is 63.6 Å². The van der Waals surface area contributed by atoms with Crippen molar-refractivity contribution in [3.63, 3.8) is 0 Å². The van der Waals surface area contributed by atoms with E-state index >= 15 is 0 Å².